The minimum absolute atomic E-state index is 0.191. The largest absolute Gasteiger partial charge is 0.353 e. The van der Waals surface area contributed by atoms with Gasteiger partial charge in [0.15, 0.2) is 0 Å². The van der Waals surface area contributed by atoms with Crippen LogP contribution in [0.25, 0.3) is 0 Å². The summed E-state index contributed by atoms with van der Waals surface area (Å²) in [5.74, 6) is 0.191. The van der Waals surface area contributed by atoms with Gasteiger partial charge in [-0.05, 0) is 38.6 Å². The van der Waals surface area contributed by atoms with Crippen LogP contribution in [0, 0.1) is 0 Å². The number of rotatable bonds is 6. The highest BCUT2D eigenvalue weighted by atomic mass is 16.1. The van der Waals surface area contributed by atoms with Crippen LogP contribution in [0.4, 0.5) is 0 Å². The summed E-state index contributed by atoms with van der Waals surface area (Å²) in [6.45, 7) is 5.15. The van der Waals surface area contributed by atoms with Crippen LogP contribution in [-0.4, -0.2) is 30.6 Å². The Hall–Kier alpha value is -0.610. The van der Waals surface area contributed by atoms with E-state index in [0.29, 0.717) is 24.5 Å². The van der Waals surface area contributed by atoms with Gasteiger partial charge in [-0.15, -0.1) is 0 Å². The summed E-state index contributed by atoms with van der Waals surface area (Å²) in [5, 5.41) is 6.42. The molecule has 1 aliphatic carbocycles. The molecule has 0 aliphatic heterocycles. The summed E-state index contributed by atoms with van der Waals surface area (Å²) >= 11 is 0. The molecular weight excluding hydrogens is 214 g/mol. The molecule has 100 valence electrons. The second kappa shape index (κ2) is 7.67. The van der Waals surface area contributed by atoms with E-state index >= 15 is 0 Å². The molecule has 0 bridgehead atoms. The van der Waals surface area contributed by atoms with E-state index in [1.165, 1.54) is 0 Å². The van der Waals surface area contributed by atoms with Gasteiger partial charge >= 0.3 is 0 Å². The molecule has 1 fully saturated rings. The van der Waals surface area contributed by atoms with E-state index in [1.807, 2.05) is 0 Å². The molecule has 0 unspecified atom stereocenters. The predicted molar refractivity (Wildman–Crippen MR) is 70.7 cm³/mol. The highest BCUT2D eigenvalue weighted by Gasteiger charge is 2.19. The van der Waals surface area contributed by atoms with E-state index in [0.717, 1.165) is 38.6 Å². The smallest absolute Gasteiger partial charge is 0.220 e. The first-order valence-electron chi connectivity index (χ1n) is 6.86. The van der Waals surface area contributed by atoms with Gasteiger partial charge in [-0.1, -0.05) is 13.8 Å². The fourth-order valence-corrected chi connectivity index (χ4v) is 2.20. The predicted octanol–water partition coefficient (Wildman–Crippen LogP) is 1.15. The number of nitrogens with one attached hydrogen (secondary N) is 2. The minimum atomic E-state index is 0.191. The standard InChI is InChI=1S/C13H27N3O/c1-10(2)15-9-3-4-13(17)16-12-7-5-11(14)6-8-12/h10-12,15H,3-9,14H2,1-2H3,(H,16,17). The molecule has 0 aromatic heterocycles. The van der Waals surface area contributed by atoms with Crippen molar-refractivity contribution in [2.24, 2.45) is 5.73 Å². The number of nitrogens with two attached hydrogens (primary N) is 1. The Morgan fingerprint density at radius 2 is 1.94 bits per heavy atom. The third kappa shape index (κ3) is 6.64. The molecule has 1 saturated carbocycles. The number of hydrogen-bond acceptors (Lipinski definition) is 3. The summed E-state index contributed by atoms with van der Waals surface area (Å²) in [6.07, 6.45) is 5.70. The van der Waals surface area contributed by atoms with Crippen molar-refractivity contribution >= 4 is 5.91 Å². The Kier molecular flexibility index (Phi) is 6.52. The summed E-state index contributed by atoms with van der Waals surface area (Å²) in [4.78, 5) is 11.7. The van der Waals surface area contributed by atoms with E-state index < -0.39 is 0 Å². The van der Waals surface area contributed by atoms with Gasteiger partial charge in [0.25, 0.3) is 0 Å². The first-order chi connectivity index (χ1) is 8.08. The summed E-state index contributed by atoms with van der Waals surface area (Å²) in [5.41, 5.74) is 5.83. The Labute approximate surface area is 105 Å². The zero-order valence-electron chi connectivity index (χ0n) is 11.2. The fraction of sp³-hybridized carbons (Fsp3) is 0.923. The van der Waals surface area contributed by atoms with Gasteiger partial charge in [0.2, 0.25) is 5.91 Å². The number of carbonyl (C=O) groups excluding carboxylic acids is 1. The van der Waals surface area contributed by atoms with E-state index in [-0.39, 0.29) is 5.91 Å². The Morgan fingerprint density at radius 1 is 1.29 bits per heavy atom. The molecule has 0 atom stereocenters. The van der Waals surface area contributed by atoms with Gasteiger partial charge in [0.1, 0.15) is 0 Å². The Balaban J connectivity index is 2.04. The number of hydrogen-bond donors (Lipinski definition) is 3. The maximum atomic E-state index is 11.7. The van der Waals surface area contributed by atoms with Crippen LogP contribution in [0.15, 0.2) is 0 Å². The van der Waals surface area contributed by atoms with Crippen molar-refractivity contribution in [2.45, 2.75) is 70.5 Å². The SMILES string of the molecule is CC(C)NCCCC(=O)NC1CCC(N)CC1. The molecule has 0 aromatic rings. The van der Waals surface area contributed by atoms with E-state index in [1.54, 1.807) is 0 Å². The van der Waals surface area contributed by atoms with Crippen LogP contribution in [-0.2, 0) is 4.79 Å². The van der Waals surface area contributed by atoms with E-state index in [4.69, 9.17) is 5.73 Å². The maximum absolute atomic E-state index is 11.7. The lowest BCUT2D eigenvalue weighted by Gasteiger charge is -2.26. The molecule has 0 heterocycles. The monoisotopic (exact) mass is 241 g/mol. The Bertz CT molecular complexity index is 223. The van der Waals surface area contributed by atoms with Crippen LogP contribution < -0.4 is 16.4 Å². The maximum Gasteiger partial charge on any atom is 0.220 e. The van der Waals surface area contributed by atoms with Crippen LogP contribution in [0.5, 0.6) is 0 Å². The topological polar surface area (TPSA) is 67.2 Å². The number of carbonyl (C=O) groups is 1. The molecule has 1 amide bonds. The van der Waals surface area contributed by atoms with Crippen LogP contribution >= 0.6 is 0 Å². The Morgan fingerprint density at radius 3 is 2.53 bits per heavy atom. The van der Waals surface area contributed by atoms with Gasteiger partial charge in [-0.25, -0.2) is 0 Å². The van der Waals surface area contributed by atoms with Gasteiger partial charge < -0.3 is 16.4 Å². The van der Waals surface area contributed by atoms with Crippen molar-refractivity contribution < 1.29 is 4.79 Å². The molecule has 0 saturated heterocycles. The lowest BCUT2D eigenvalue weighted by atomic mass is 9.92. The quantitative estimate of drug-likeness (QED) is 0.611. The van der Waals surface area contributed by atoms with Crippen molar-refractivity contribution in [1.29, 1.82) is 0 Å². The fourth-order valence-electron chi connectivity index (χ4n) is 2.20. The zero-order valence-corrected chi connectivity index (χ0v) is 11.2. The molecular formula is C13H27N3O. The highest BCUT2D eigenvalue weighted by molar-refractivity contribution is 5.76. The second-order valence-electron chi connectivity index (χ2n) is 5.39. The van der Waals surface area contributed by atoms with Crippen molar-refractivity contribution in [3.05, 3.63) is 0 Å². The van der Waals surface area contributed by atoms with Crippen LogP contribution in [0.3, 0.4) is 0 Å². The lowest BCUT2D eigenvalue weighted by molar-refractivity contribution is -0.122. The third-order valence-corrected chi connectivity index (χ3v) is 3.27. The normalized spacial score (nSPS) is 24.9. The molecule has 4 N–H and O–H groups in total. The molecule has 0 aromatic carbocycles. The van der Waals surface area contributed by atoms with Crippen molar-refractivity contribution in [3.8, 4) is 0 Å². The minimum Gasteiger partial charge on any atom is -0.353 e. The molecule has 4 nitrogen and oxygen atoms in total. The zero-order chi connectivity index (χ0) is 12.7. The summed E-state index contributed by atoms with van der Waals surface area (Å²) in [7, 11) is 0. The molecule has 0 radical (unpaired) electrons. The van der Waals surface area contributed by atoms with Crippen LogP contribution in [0.2, 0.25) is 0 Å². The molecule has 0 spiro atoms. The average Bonchev–Trinajstić information content (AvgIpc) is 2.27. The first-order valence-corrected chi connectivity index (χ1v) is 6.86. The van der Waals surface area contributed by atoms with Crippen molar-refractivity contribution in [3.63, 3.8) is 0 Å². The lowest BCUT2D eigenvalue weighted by Crippen LogP contribution is -2.40. The molecule has 1 aliphatic rings. The number of amides is 1. The molecule has 1 rings (SSSR count). The summed E-state index contributed by atoms with van der Waals surface area (Å²) < 4.78 is 0. The van der Waals surface area contributed by atoms with Gasteiger partial charge in [0.05, 0.1) is 0 Å². The van der Waals surface area contributed by atoms with Gasteiger partial charge in [0, 0.05) is 24.5 Å². The van der Waals surface area contributed by atoms with Crippen molar-refractivity contribution in [2.75, 3.05) is 6.54 Å². The van der Waals surface area contributed by atoms with Crippen LogP contribution in [0.1, 0.15) is 52.4 Å². The average molecular weight is 241 g/mol. The second-order valence-corrected chi connectivity index (χ2v) is 5.39. The molecule has 4 heteroatoms. The van der Waals surface area contributed by atoms with E-state index in [2.05, 4.69) is 24.5 Å². The first kappa shape index (κ1) is 14.5. The van der Waals surface area contributed by atoms with Crippen molar-refractivity contribution in [1.82, 2.24) is 10.6 Å². The highest BCUT2D eigenvalue weighted by Crippen LogP contribution is 2.16. The third-order valence-electron chi connectivity index (χ3n) is 3.27. The summed E-state index contributed by atoms with van der Waals surface area (Å²) in [6, 6.07) is 1.21. The van der Waals surface area contributed by atoms with Gasteiger partial charge in [-0.2, -0.15) is 0 Å². The van der Waals surface area contributed by atoms with E-state index in [9.17, 15) is 4.79 Å². The molecule has 17 heavy (non-hydrogen) atoms. The van der Waals surface area contributed by atoms with Gasteiger partial charge in [-0.3, -0.25) is 4.79 Å².